The molecule has 6 heteroatoms. The molecule has 1 atom stereocenters. The molecule has 0 aromatic heterocycles. The summed E-state index contributed by atoms with van der Waals surface area (Å²) in [6.07, 6.45) is 0.654. The van der Waals surface area contributed by atoms with Crippen LogP contribution in [0.1, 0.15) is 44.4 Å². The first-order chi connectivity index (χ1) is 14.3. The quantitative estimate of drug-likeness (QED) is 0.405. The number of aromatic hydroxyl groups is 1. The van der Waals surface area contributed by atoms with Gasteiger partial charge in [-0.25, -0.2) is 0 Å². The predicted molar refractivity (Wildman–Crippen MR) is 114 cm³/mol. The molecule has 158 valence electrons. The average Bonchev–Trinajstić information content (AvgIpc) is 2.97. The zero-order valence-electron chi connectivity index (χ0n) is 17.5. The molecule has 1 amide bonds. The van der Waals surface area contributed by atoms with Gasteiger partial charge in [0, 0.05) is 12.1 Å². The highest BCUT2D eigenvalue weighted by atomic mass is 16.5. The Labute approximate surface area is 176 Å². The number of ether oxygens (including phenoxy) is 1. The van der Waals surface area contributed by atoms with Gasteiger partial charge in [-0.15, -0.1) is 0 Å². The van der Waals surface area contributed by atoms with E-state index >= 15 is 0 Å². The lowest BCUT2D eigenvalue weighted by Crippen LogP contribution is -2.30. The number of carbonyl (C=O) groups excluding carboxylic acids is 2. The maximum Gasteiger partial charge on any atom is 0.295 e. The van der Waals surface area contributed by atoms with Crippen LogP contribution in [0, 0.1) is 5.92 Å². The van der Waals surface area contributed by atoms with Crippen LogP contribution in [0.25, 0.3) is 5.76 Å². The number of carbonyl (C=O) groups is 2. The molecule has 1 saturated heterocycles. The van der Waals surface area contributed by atoms with Gasteiger partial charge in [0.25, 0.3) is 11.7 Å². The summed E-state index contributed by atoms with van der Waals surface area (Å²) in [6, 6.07) is 12.5. The Morgan fingerprint density at radius 3 is 2.53 bits per heavy atom. The summed E-state index contributed by atoms with van der Waals surface area (Å²) in [7, 11) is 0. The highest BCUT2D eigenvalue weighted by Crippen LogP contribution is 2.40. The number of phenolic OH excluding ortho intramolecular Hbond substituents is 1. The van der Waals surface area contributed by atoms with Crippen LogP contribution in [0.5, 0.6) is 11.5 Å². The minimum absolute atomic E-state index is 0.0139. The van der Waals surface area contributed by atoms with Gasteiger partial charge in [-0.1, -0.05) is 45.0 Å². The molecular weight excluding hydrogens is 382 g/mol. The molecule has 1 unspecified atom stereocenters. The van der Waals surface area contributed by atoms with E-state index in [4.69, 9.17) is 4.74 Å². The van der Waals surface area contributed by atoms with Gasteiger partial charge in [0.2, 0.25) is 0 Å². The number of hydrogen-bond acceptors (Lipinski definition) is 5. The predicted octanol–water partition coefficient (Wildman–Crippen LogP) is 4.26. The van der Waals surface area contributed by atoms with Crippen LogP contribution < -0.4 is 4.74 Å². The molecule has 1 fully saturated rings. The number of likely N-dealkylation sites (tertiary alicyclic amines) is 1. The fourth-order valence-corrected chi connectivity index (χ4v) is 3.54. The molecule has 1 heterocycles. The second kappa shape index (κ2) is 9.03. The number of aliphatic hydroxyl groups is 1. The van der Waals surface area contributed by atoms with Crippen molar-refractivity contribution < 1.29 is 24.5 Å². The van der Waals surface area contributed by atoms with Crippen LogP contribution in [0.2, 0.25) is 0 Å². The molecule has 1 aliphatic rings. The zero-order chi connectivity index (χ0) is 21.8. The molecule has 0 saturated carbocycles. The second-order valence-corrected chi connectivity index (χ2v) is 7.82. The molecule has 1 aliphatic heterocycles. The summed E-state index contributed by atoms with van der Waals surface area (Å²) >= 11 is 0. The highest BCUT2D eigenvalue weighted by Gasteiger charge is 2.45. The summed E-state index contributed by atoms with van der Waals surface area (Å²) in [5.74, 6) is -0.701. The van der Waals surface area contributed by atoms with Crippen molar-refractivity contribution in [2.24, 2.45) is 5.92 Å². The normalized spacial score (nSPS) is 18.3. The molecule has 2 aromatic rings. The first kappa shape index (κ1) is 21.4. The van der Waals surface area contributed by atoms with Crippen molar-refractivity contribution in [1.29, 1.82) is 0 Å². The number of Topliss-reactive ketones (excluding diaryl/α,β-unsaturated/α-hetero) is 1. The first-order valence-corrected chi connectivity index (χ1v) is 10.1. The second-order valence-electron chi connectivity index (χ2n) is 7.82. The fourth-order valence-electron chi connectivity index (χ4n) is 3.54. The Bertz CT molecular complexity index is 979. The number of benzene rings is 2. The smallest absolute Gasteiger partial charge is 0.295 e. The van der Waals surface area contributed by atoms with Gasteiger partial charge < -0.3 is 19.8 Å². The van der Waals surface area contributed by atoms with Crippen LogP contribution in [-0.4, -0.2) is 40.0 Å². The minimum atomic E-state index is -0.766. The topological polar surface area (TPSA) is 87.1 Å². The van der Waals surface area contributed by atoms with E-state index in [-0.39, 0.29) is 17.1 Å². The number of aliphatic hydroxyl groups excluding tert-OH is 1. The third kappa shape index (κ3) is 4.32. The van der Waals surface area contributed by atoms with Crippen molar-refractivity contribution in [3.63, 3.8) is 0 Å². The summed E-state index contributed by atoms with van der Waals surface area (Å²) in [4.78, 5) is 27.0. The van der Waals surface area contributed by atoms with Crippen LogP contribution in [-0.2, 0) is 9.59 Å². The lowest BCUT2D eigenvalue weighted by molar-refractivity contribution is -0.139. The number of hydrogen-bond donors (Lipinski definition) is 2. The Morgan fingerprint density at radius 2 is 1.87 bits per heavy atom. The van der Waals surface area contributed by atoms with E-state index in [1.54, 1.807) is 36.4 Å². The van der Waals surface area contributed by atoms with Gasteiger partial charge >= 0.3 is 0 Å². The number of nitrogens with zero attached hydrogens (tertiary/aromatic N) is 1. The first-order valence-electron chi connectivity index (χ1n) is 10.1. The lowest BCUT2D eigenvalue weighted by atomic mass is 9.95. The van der Waals surface area contributed by atoms with Crippen molar-refractivity contribution >= 4 is 17.4 Å². The Kier molecular flexibility index (Phi) is 6.45. The summed E-state index contributed by atoms with van der Waals surface area (Å²) in [5.41, 5.74) is 0.979. The fraction of sp³-hybridized carbons (Fsp3) is 0.333. The van der Waals surface area contributed by atoms with E-state index in [9.17, 15) is 19.8 Å². The maximum atomic E-state index is 12.9. The van der Waals surface area contributed by atoms with Gasteiger partial charge in [-0.3, -0.25) is 9.59 Å². The molecule has 0 bridgehead atoms. The molecule has 0 radical (unpaired) electrons. The standard InChI is InChI=1S/C24H27NO5/c1-4-11-25-21(16-7-5-9-18(26)12-16)20(23(28)24(25)29)22(27)17-8-6-10-19(13-17)30-14-15(2)3/h5-10,12-13,15,21,26-27H,4,11,14H2,1-3H3/b22-20-. The van der Waals surface area contributed by atoms with E-state index in [1.165, 1.54) is 17.0 Å². The molecule has 0 aliphatic carbocycles. The SMILES string of the molecule is CCCN1C(=O)C(=O)/C(=C(\O)c2cccc(OCC(C)C)c2)C1c1cccc(O)c1. The number of ketones is 1. The van der Waals surface area contributed by atoms with Gasteiger partial charge in [0.05, 0.1) is 18.2 Å². The summed E-state index contributed by atoms with van der Waals surface area (Å²) in [6.45, 7) is 6.87. The molecule has 30 heavy (non-hydrogen) atoms. The van der Waals surface area contributed by atoms with Gasteiger partial charge in [-0.05, 0) is 42.2 Å². The van der Waals surface area contributed by atoms with Gasteiger partial charge in [0.1, 0.15) is 17.3 Å². The molecule has 2 N–H and O–H groups in total. The van der Waals surface area contributed by atoms with E-state index in [1.807, 2.05) is 20.8 Å². The zero-order valence-corrected chi connectivity index (χ0v) is 17.5. The lowest BCUT2D eigenvalue weighted by Gasteiger charge is -2.25. The molecule has 0 spiro atoms. The summed E-state index contributed by atoms with van der Waals surface area (Å²) < 4.78 is 5.73. The third-order valence-electron chi connectivity index (χ3n) is 4.88. The Balaban J connectivity index is 2.10. The molecular formula is C24H27NO5. The minimum Gasteiger partial charge on any atom is -0.508 e. The van der Waals surface area contributed by atoms with E-state index < -0.39 is 17.7 Å². The van der Waals surface area contributed by atoms with Crippen LogP contribution in [0.15, 0.2) is 54.1 Å². The Hall–Kier alpha value is -3.28. The molecule has 3 rings (SSSR count). The van der Waals surface area contributed by atoms with Crippen molar-refractivity contribution in [1.82, 2.24) is 4.90 Å². The van der Waals surface area contributed by atoms with E-state index in [0.717, 1.165) is 0 Å². The van der Waals surface area contributed by atoms with Gasteiger partial charge in [0.15, 0.2) is 0 Å². The number of phenols is 1. The largest absolute Gasteiger partial charge is 0.508 e. The third-order valence-corrected chi connectivity index (χ3v) is 4.88. The summed E-state index contributed by atoms with van der Waals surface area (Å²) in [5, 5.41) is 21.0. The average molecular weight is 409 g/mol. The van der Waals surface area contributed by atoms with Crippen molar-refractivity contribution in [3.8, 4) is 11.5 Å². The van der Waals surface area contributed by atoms with Crippen LogP contribution in [0.3, 0.4) is 0 Å². The monoisotopic (exact) mass is 409 g/mol. The Morgan fingerprint density at radius 1 is 1.13 bits per heavy atom. The highest BCUT2D eigenvalue weighted by molar-refractivity contribution is 6.46. The van der Waals surface area contributed by atoms with Crippen molar-refractivity contribution in [2.75, 3.05) is 13.2 Å². The van der Waals surface area contributed by atoms with Crippen LogP contribution in [0.4, 0.5) is 0 Å². The van der Waals surface area contributed by atoms with Crippen molar-refractivity contribution in [3.05, 3.63) is 65.2 Å². The van der Waals surface area contributed by atoms with E-state index in [2.05, 4.69) is 0 Å². The maximum absolute atomic E-state index is 12.9. The number of rotatable bonds is 7. The van der Waals surface area contributed by atoms with Crippen LogP contribution >= 0.6 is 0 Å². The van der Waals surface area contributed by atoms with Gasteiger partial charge in [-0.2, -0.15) is 0 Å². The van der Waals surface area contributed by atoms with E-state index in [0.29, 0.717) is 42.4 Å². The number of amides is 1. The molecule has 6 nitrogen and oxygen atoms in total. The van der Waals surface area contributed by atoms with Crippen molar-refractivity contribution in [2.45, 2.75) is 33.2 Å². The molecule has 2 aromatic carbocycles.